The van der Waals surface area contributed by atoms with Crippen LogP contribution in [-0.4, -0.2) is 11.1 Å². The number of rotatable bonds is 2. The lowest BCUT2D eigenvalue weighted by molar-refractivity contribution is -0.132. The molecule has 3 N–H and O–H groups in total. The van der Waals surface area contributed by atoms with Gasteiger partial charge in [0.25, 0.3) is 0 Å². The molecular weight excluding hydrogens is 214 g/mol. The van der Waals surface area contributed by atoms with Crippen molar-refractivity contribution >= 4 is 28.5 Å². The molecule has 0 saturated heterocycles. The largest absolute Gasteiger partial charge is 0.478 e. The molecule has 86 valence electrons. The predicted octanol–water partition coefficient (Wildman–Crippen LogP) is 2.91. The van der Waals surface area contributed by atoms with Crippen LogP contribution in [0.5, 0.6) is 0 Å². The average Bonchev–Trinajstić information content (AvgIpc) is 2.29. The fourth-order valence-electron chi connectivity index (χ4n) is 1.68. The molecule has 0 spiro atoms. The van der Waals surface area contributed by atoms with Gasteiger partial charge in [0.2, 0.25) is 0 Å². The Hall–Kier alpha value is -2.29. The molecule has 2 rings (SSSR count). The van der Waals surface area contributed by atoms with Gasteiger partial charge in [-0.2, -0.15) is 0 Å². The molecule has 0 unspecified atom stereocenters. The van der Waals surface area contributed by atoms with Crippen molar-refractivity contribution in [3.05, 3.63) is 47.5 Å². The van der Waals surface area contributed by atoms with Crippen LogP contribution in [0.15, 0.2) is 42.0 Å². The molecule has 0 bridgehead atoms. The number of nitrogens with two attached hydrogens (primary N) is 1. The lowest BCUT2D eigenvalue weighted by Gasteiger charge is -2.02. The zero-order chi connectivity index (χ0) is 12.4. The molecule has 2 aromatic rings. The van der Waals surface area contributed by atoms with Crippen molar-refractivity contribution < 1.29 is 9.90 Å². The Morgan fingerprint density at radius 2 is 1.82 bits per heavy atom. The zero-order valence-corrected chi connectivity index (χ0v) is 9.47. The summed E-state index contributed by atoms with van der Waals surface area (Å²) in [6, 6.07) is 11.4. The summed E-state index contributed by atoms with van der Waals surface area (Å²) in [5.74, 6) is -0.901. The predicted molar refractivity (Wildman–Crippen MR) is 69.6 cm³/mol. The van der Waals surface area contributed by atoms with Gasteiger partial charge in [-0.1, -0.05) is 18.2 Å². The number of anilines is 1. The molecule has 0 radical (unpaired) electrons. The Morgan fingerprint density at radius 1 is 1.18 bits per heavy atom. The molecule has 17 heavy (non-hydrogen) atoms. The first-order chi connectivity index (χ1) is 8.06. The first kappa shape index (κ1) is 11.2. The highest BCUT2D eigenvalue weighted by molar-refractivity contribution is 5.93. The van der Waals surface area contributed by atoms with E-state index in [0.717, 1.165) is 22.0 Å². The molecule has 0 saturated carbocycles. The van der Waals surface area contributed by atoms with Crippen molar-refractivity contribution in [2.75, 3.05) is 5.73 Å². The van der Waals surface area contributed by atoms with E-state index in [9.17, 15) is 4.79 Å². The standard InChI is InChI=1S/C14H13NO2/c1-9(14(16)17)6-10-2-3-12-8-13(15)5-4-11(12)7-10/h2-8H,15H2,1H3,(H,16,17)/b9-6+. The van der Waals surface area contributed by atoms with Gasteiger partial charge in [-0.15, -0.1) is 0 Å². The van der Waals surface area contributed by atoms with E-state index in [1.54, 1.807) is 13.0 Å². The molecule has 3 nitrogen and oxygen atoms in total. The Labute approximate surface area is 99.2 Å². The lowest BCUT2D eigenvalue weighted by Crippen LogP contribution is -1.95. The SMILES string of the molecule is C/C(=C\c1ccc2cc(N)ccc2c1)C(=O)O. The van der Waals surface area contributed by atoms with Gasteiger partial charge in [0, 0.05) is 11.3 Å². The number of hydrogen-bond donors (Lipinski definition) is 2. The second-order valence-corrected chi connectivity index (χ2v) is 4.00. The molecule has 2 aromatic carbocycles. The smallest absolute Gasteiger partial charge is 0.331 e. The van der Waals surface area contributed by atoms with E-state index >= 15 is 0 Å². The maximum absolute atomic E-state index is 10.7. The highest BCUT2D eigenvalue weighted by atomic mass is 16.4. The van der Waals surface area contributed by atoms with Crippen LogP contribution >= 0.6 is 0 Å². The van der Waals surface area contributed by atoms with Gasteiger partial charge in [0.05, 0.1) is 0 Å². The van der Waals surface area contributed by atoms with Crippen molar-refractivity contribution in [1.29, 1.82) is 0 Å². The van der Waals surface area contributed by atoms with Crippen molar-refractivity contribution in [2.24, 2.45) is 0 Å². The average molecular weight is 227 g/mol. The van der Waals surface area contributed by atoms with Crippen LogP contribution in [0.2, 0.25) is 0 Å². The molecule has 0 fully saturated rings. The third-order valence-electron chi connectivity index (χ3n) is 2.61. The van der Waals surface area contributed by atoms with E-state index < -0.39 is 5.97 Å². The number of nitrogen functional groups attached to an aromatic ring is 1. The number of carboxylic acids is 1. The highest BCUT2D eigenvalue weighted by Crippen LogP contribution is 2.20. The number of aliphatic carboxylic acids is 1. The van der Waals surface area contributed by atoms with Crippen LogP contribution in [0.3, 0.4) is 0 Å². The van der Waals surface area contributed by atoms with E-state index in [2.05, 4.69) is 0 Å². The maximum atomic E-state index is 10.7. The molecule has 0 aliphatic heterocycles. The van der Waals surface area contributed by atoms with E-state index in [1.165, 1.54) is 0 Å². The van der Waals surface area contributed by atoms with Gasteiger partial charge in [-0.25, -0.2) is 4.79 Å². The maximum Gasteiger partial charge on any atom is 0.331 e. The first-order valence-electron chi connectivity index (χ1n) is 5.27. The van der Waals surface area contributed by atoms with E-state index in [1.807, 2.05) is 36.4 Å². The van der Waals surface area contributed by atoms with Gasteiger partial charge in [-0.3, -0.25) is 0 Å². The van der Waals surface area contributed by atoms with Crippen molar-refractivity contribution in [2.45, 2.75) is 6.92 Å². The molecular formula is C14H13NO2. The number of benzene rings is 2. The fraction of sp³-hybridized carbons (Fsp3) is 0.0714. The Bertz CT molecular complexity index is 615. The molecule has 0 atom stereocenters. The van der Waals surface area contributed by atoms with Gasteiger partial charge in [0.1, 0.15) is 0 Å². The summed E-state index contributed by atoms with van der Waals surface area (Å²) in [6.45, 7) is 1.58. The second-order valence-electron chi connectivity index (χ2n) is 4.00. The van der Waals surface area contributed by atoms with Crippen LogP contribution in [0.4, 0.5) is 5.69 Å². The quantitative estimate of drug-likeness (QED) is 0.612. The summed E-state index contributed by atoms with van der Waals surface area (Å²) in [5.41, 5.74) is 7.61. The molecule has 0 aromatic heterocycles. The van der Waals surface area contributed by atoms with Gasteiger partial charge in [-0.05, 0) is 47.5 Å². The van der Waals surface area contributed by atoms with E-state index in [-0.39, 0.29) is 0 Å². The summed E-state index contributed by atoms with van der Waals surface area (Å²) in [7, 11) is 0. The number of carbonyl (C=O) groups is 1. The van der Waals surface area contributed by atoms with Crippen LogP contribution in [0.1, 0.15) is 12.5 Å². The van der Waals surface area contributed by atoms with Crippen LogP contribution in [-0.2, 0) is 4.79 Å². The number of hydrogen-bond acceptors (Lipinski definition) is 2. The summed E-state index contributed by atoms with van der Waals surface area (Å²) in [6.07, 6.45) is 1.65. The summed E-state index contributed by atoms with van der Waals surface area (Å²) in [5, 5.41) is 10.9. The topological polar surface area (TPSA) is 63.3 Å². The van der Waals surface area contributed by atoms with Gasteiger partial charge in [0.15, 0.2) is 0 Å². The van der Waals surface area contributed by atoms with Gasteiger partial charge >= 0.3 is 5.97 Å². The zero-order valence-electron chi connectivity index (χ0n) is 9.47. The molecule has 3 heteroatoms. The third kappa shape index (κ3) is 2.45. The van der Waals surface area contributed by atoms with Crippen LogP contribution in [0, 0.1) is 0 Å². The minimum atomic E-state index is -0.901. The van der Waals surface area contributed by atoms with E-state index in [4.69, 9.17) is 10.8 Å². The highest BCUT2D eigenvalue weighted by Gasteiger charge is 2.01. The summed E-state index contributed by atoms with van der Waals surface area (Å²) >= 11 is 0. The van der Waals surface area contributed by atoms with E-state index in [0.29, 0.717) is 5.57 Å². The lowest BCUT2D eigenvalue weighted by atomic mass is 10.0. The Morgan fingerprint density at radius 3 is 2.53 bits per heavy atom. The van der Waals surface area contributed by atoms with Crippen LogP contribution in [0.25, 0.3) is 16.8 Å². The van der Waals surface area contributed by atoms with Crippen molar-refractivity contribution in [1.82, 2.24) is 0 Å². The monoisotopic (exact) mass is 227 g/mol. The Balaban J connectivity index is 2.49. The second kappa shape index (κ2) is 4.29. The van der Waals surface area contributed by atoms with Gasteiger partial charge < -0.3 is 10.8 Å². The summed E-state index contributed by atoms with van der Waals surface area (Å²) in [4.78, 5) is 10.7. The van der Waals surface area contributed by atoms with Crippen molar-refractivity contribution in [3.8, 4) is 0 Å². The number of carboxylic acid groups (broad SMARTS) is 1. The molecule has 0 amide bonds. The van der Waals surface area contributed by atoms with Crippen molar-refractivity contribution in [3.63, 3.8) is 0 Å². The third-order valence-corrected chi connectivity index (χ3v) is 2.61. The Kier molecular flexibility index (Phi) is 2.83. The van der Waals surface area contributed by atoms with Crippen LogP contribution < -0.4 is 5.73 Å². The molecule has 0 aliphatic rings. The minimum Gasteiger partial charge on any atom is -0.478 e. The molecule has 0 aliphatic carbocycles. The fourth-order valence-corrected chi connectivity index (χ4v) is 1.68. The normalized spacial score (nSPS) is 11.7. The molecule has 0 heterocycles. The summed E-state index contributed by atoms with van der Waals surface area (Å²) < 4.78 is 0. The minimum absolute atomic E-state index is 0.319. The number of fused-ring (bicyclic) bond motifs is 1. The first-order valence-corrected chi connectivity index (χ1v) is 5.27.